The summed E-state index contributed by atoms with van der Waals surface area (Å²) >= 11 is 3.17. The quantitative estimate of drug-likeness (QED) is 0.854. The minimum atomic E-state index is -0.360. The Labute approximate surface area is 87.8 Å². The molecule has 0 atom stereocenters. The summed E-state index contributed by atoms with van der Waals surface area (Å²) in [5, 5.41) is 3.66. The Bertz CT molecular complexity index is 470. The van der Waals surface area contributed by atoms with Gasteiger partial charge in [-0.3, -0.25) is 0 Å². The number of hydrogen-bond donors (Lipinski definition) is 1. The fourth-order valence-electron chi connectivity index (χ4n) is 1.11. The number of hydrogen-bond acceptors (Lipinski definition) is 3. The highest BCUT2D eigenvalue weighted by Crippen LogP contribution is 2.32. The first-order valence-electron chi connectivity index (χ1n) is 3.85. The van der Waals surface area contributed by atoms with Gasteiger partial charge in [-0.2, -0.15) is 0 Å². The summed E-state index contributed by atoms with van der Waals surface area (Å²) in [6, 6.07) is 6.29. The Morgan fingerprint density at radius 1 is 1.36 bits per heavy atom. The Kier molecular flexibility index (Phi) is 2.25. The van der Waals surface area contributed by atoms with Crippen LogP contribution in [0.25, 0.3) is 11.3 Å². The van der Waals surface area contributed by atoms with Gasteiger partial charge in [-0.15, -0.1) is 0 Å². The Hall–Kier alpha value is -1.36. The van der Waals surface area contributed by atoms with E-state index in [9.17, 15) is 4.39 Å². The minimum Gasteiger partial charge on any atom is -0.367 e. The van der Waals surface area contributed by atoms with Gasteiger partial charge in [0.2, 0.25) is 5.88 Å². The molecule has 72 valence electrons. The van der Waals surface area contributed by atoms with Crippen LogP contribution in [0.5, 0.6) is 0 Å². The van der Waals surface area contributed by atoms with Crippen molar-refractivity contribution in [2.24, 2.45) is 0 Å². The third-order valence-electron chi connectivity index (χ3n) is 1.79. The third kappa shape index (κ3) is 1.39. The highest BCUT2D eigenvalue weighted by atomic mass is 79.9. The summed E-state index contributed by atoms with van der Waals surface area (Å²) in [5.74, 6) is -0.218. The summed E-state index contributed by atoms with van der Waals surface area (Å²) in [4.78, 5) is 0. The number of nitrogens with zero attached hydrogens (tertiary/aromatic N) is 1. The number of halogens is 2. The second-order valence-corrected chi connectivity index (χ2v) is 3.48. The molecule has 0 radical (unpaired) electrons. The summed E-state index contributed by atoms with van der Waals surface area (Å²) < 4.78 is 18.5. The normalized spacial score (nSPS) is 10.4. The molecule has 1 aromatic heterocycles. The van der Waals surface area contributed by atoms with E-state index in [0.717, 1.165) is 0 Å². The average molecular weight is 257 g/mol. The molecular weight excluding hydrogens is 251 g/mol. The molecule has 0 spiro atoms. The topological polar surface area (TPSA) is 52.0 Å². The molecular formula is C9H6BrFN2O. The molecule has 0 fully saturated rings. The van der Waals surface area contributed by atoms with Gasteiger partial charge in [0.25, 0.3) is 0 Å². The zero-order valence-corrected chi connectivity index (χ0v) is 8.58. The van der Waals surface area contributed by atoms with E-state index in [0.29, 0.717) is 15.7 Å². The zero-order chi connectivity index (χ0) is 10.1. The highest BCUT2D eigenvalue weighted by molar-refractivity contribution is 9.10. The zero-order valence-electron chi connectivity index (χ0n) is 7.00. The molecule has 1 heterocycles. The monoisotopic (exact) mass is 256 g/mol. The van der Waals surface area contributed by atoms with Crippen LogP contribution in [0.3, 0.4) is 0 Å². The van der Waals surface area contributed by atoms with Crippen LogP contribution in [0, 0.1) is 5.82 Å². The molecule has 0 aliphatic rings. The van der Waals surface area contributed by atoms with Crippen molar-refractivity contribution in [3.8, 4) is 11.3 Å². The second-order valence-electron chi connectivity index (χ2n) is 2.69. The highest BCUT2D eigenvalue weighted by Gasteiger charge is 2.15. The Morgan fingerprint density at radius 3 is 2.64 bits per heavy atom. The van der Waals surface area contributed by atoms with Crippen molar-refractivity contribution in [2.45, 2.75) is 0 Å². The van der Waals surface area contributed by atoms with Gasteiger partial charge in [-0.05, 0) is 28.1 Å². The maximum absolute atomic E-state index is 13.3. The van der Waals surface area contributed by atoms with E-state index in [1.807, 2.05) is 0 Å². The van der Waals surface area contributed by atoms with Crippen molar-refractivity contribution < 1.29 is 8.91 Å². The van der Waals surface area contributed by atoms with Crippen LogP contribution in [0.15, 0.2) is 33.3 Å². The Balaban J connectivity index is 2.60. The van der Waals surface area contributed by atoms with E-state index >= 15 is 0 Å². The maximum Gasteiger partial charge on any atom is 0.237 e. The molecule has 5 heteroatoms. The van der Waals surface area contributed by atoms with Crippen molar-refractivity contribution in [2.75, 3.05) is 5.73 Å². The molecule has 0 saturated heterocycles. The molecule has 0 aliphatic heterocycles. The van der Waals surface area contributed by atoms with Gasteiger partial charge in [0.15, 0.2) is 0 Å². The third-order valence-corrected chi connectivity index (χ3v) is 2.55. The molecule has 1 aromatic carbocycles. The summed E-state index contributed by atoms with van der Waals surface area (Å²) in [5.41, 5.74) is 6.17. The Morgan fingerprint density at radius 2 is 2.07 bits per heavy atom. The largest absolute Gasteiger partial charge is 0.367 e. The van der Waals surface area contributed by atoms with Gasteiger partial charge in [-0.1, -0.05) is 17.3 Å². The van der Waals surface area contributed by atoms with Crippen LogP contribution < -0.4 is 5.73 Å². The predicted octanol–water partition coefficient (Wildman–Crippen LogP) is 2.83. The van der Waals surface area contributed by atoms with E-state index in [2.05, 4.69) is 21.1 Å². The molecule has 0 aliphatic carbocycles. The van der Waals surface area contributed by atoms with E-state index in [1.165, 1.54) is 6.07 Å². The van der Waals surface area contributed by atoms with Crippen LogP contribution in [0.2, 0.25) is 0 Å². The van der Waals surface area contributed by atoms with E-state index in [4.69, 9.17) is 10.3 Å². The molecule has 0 bridgehead atoms. The lowest BCUT2D eigenvalue weighted by atomic mass is 10.1. The van der Waals surface area contributed by atoms with Gasteiger partial charge in [0, 0.05) is 5.56 Å². The molecule has 0 unspecified atom stereocenters. The molecule has 3 nitrogen and oxygen atoms in total. The fourth-order valence-corrected chi connectivity index (χ4v) is 1.47. The molecule has 2 aromatic rings. The lowest BCUT2D eigenvalue weighted by Crippen LogP contribution is -1.85. The van der Waals surface area contributed by atoms with Gasteiger partial charge < -0.3 is 10.3 Å². The van der Waals surface area contributed by atoms with Crippen molar-refractivity contribution in [1.82, 2.24) is 5.16 Å². The van der Waals surface area contributed by atoms with Crippen LogP contribution in [0.1, 0.15) is 0 Å². The second kappa shape index (κ2) is 3.42. The smallest absolute Gasteiger partial charge is 0.237 e. The van der Waals surface area contributed by atoms with E-state index in [1.54, 1.807) is 18.2 Å². The van der Waals surface area contributed by atoms with Crippen LogP contribution in [-0.4, -0.2) is 5.16 Å². The van der Waals surface area contributed by atoms with Crippen LogP contribution >= 0.6 is 15.9 Å². The first-order valence-corrected chi connectivity index (χ1v) is 4.65. The average Bonchev–Trinajstić information content (AvgIpc) is 2.49. The first-order chi connectivity index (χ1) is 6.70. The predicted molar refractivity (Wildman–Crippen MR) is 54.0 cm³/mol. The summed E-state index contributed by atoms with van der Waals surface area (Å²) in [6.07, 6.45) is 0. The lowest BCUT2D eigenvalue weighted by molar-refractivity contribution is 0.438. The minimum absolute atomic E-state index is 0.142. The van der Waals surface area contributed by atoms with Crippen molar-refractivity contribution >= 4 is 21.8 Å². The summed E-state index contributed by atoms with van der Waals surface area (Å²) in [7, 11) is 0. The molecule has 0 amide bonds. The lowest BCUT2D eigenvalue weighted by Gasteiger charge is -1.97. The number of benzene rings is 1. The van der Waals surface area contributed by atoms with Crippen molar-refractivity contribution in [1.29, 1.82) is 0 Å². The number of anilines is 1. The number of rotatable bonds is 1. The van der Waals surface area contributed by atoms with E-state index < -0.39 is 0 Å². The van der Waals surface area contributed by atoms with Gasteiger partial charge in [0.1, 0.15) is 16.0 Å². The van der Waals surface area contributed by atoms with Gasteiger partial charge in [0.05, 0.1) is 0 Å². The number of nitrogen functional groups attached to an aromatic ring is 1. The summed E-state index contributed by atoms with van der Waals surface area (Å²) in [6.45, 7) is 0. The first kappa shape index (κ1) is 9.21. The SMILES string of the molecule is Nc1onc(-c2ccccc2F)c1Br. The van der Waals surface area contributed by atoms with Crippen molar-refractivity contribution in [3.05, 3.63) is 34.6 Å². The molecule has 14 heavy (non-hydrogen) atoms. The van der Waals surface area contributed by atoms with Gasteiger partial charge in [-0.25, -0.2) is 4.39 Å². The van der Waals surface area contributed by atoms with E-state index in [-0.39, 0.29) is 11.7 Å². The standard InChI is InChI=1S/C9H6BrFN2O/c10-7-8(13-14-9(7)12)5-3-1-2-4-6(5)11/h1-4H,12H2. The fraction of sp³-hybridized carbons (Fsp3) is 0. The van der Waals surface area contributed by atoms with Gasteiger partial charge >= 0.3 is 0 Å². The maximum atomic E-state index is 13.3. The molecule has 0 saturated carbocycles. The number of nitrogens with two attached hydrogens (primary N) is 1. The van der Waals surface area contributed by atoms with Crippen LogP contribution in [0.4, 0.5) is 10.3 Å². The number of aromatic nitrogens is 1. The van der Waals surface area contributed by atoms with Crippen LogP contribution in [-0.2, 0) is 0 Å². The molecule has 2 N–H and O–H groups in total. The molecule has 2 rings (SSSR count). The van der Waals surface area contributed by atoms with Crippen molar-refractivity contribution in [3.63, 3.8) is 0 Å².